The second-order valence-electron chi connectivity index (χ2n) is 7.85. The van der Waals surface area contributed by atoms with Gasteiger partial charge in [-0.1, -0.05) is 49.7 Å². The molecule has 4 nitrogen and oxygen atoms in total. The number of thiazole rings is 1. The lowest BCUT2D eigenvalue weighted by molar-refractivity contribution is -0.111. The molecule has 1 fully saturated rings. The first kappa shape index (κ1) is 21.4. The molecule has 0 N–H and O–H groups in total. The Balaban J connectivity index is 0.000000252. The Morgan fingerprint density at radius 3 is 2.52 bits per heavy atom. The Morgan fingerprint density at radius 2 is 1.90 bits per heavy atom. The average molecular weight is 410 g/mol. The number of aldehydes is 1. The number of benzene rings is 1. The van der Waals surface area contributed by atoms with Gasteiger partial charge in [-0.2, -0.15) is 0 Å². The van der Waals surface area contributed by atoms with Gasteiger partial charge in [0, 0.05) is 31.4 Å². The second kappa shape index (κ2) is 10.5. The summed E-state index contributed by atoms with van der Waals surface area (Å²) < 4.78 is 1.26. The molecule has 1 aliphatic rings. The van der Waals surface area contributed by atoms with Crippen LogP contribution in [0.3, 0.4) is 0 Å². The quantitative estimate of drug-likeness (QED) is 0.488. The Kier molecular flexibility index (Phi) is 7.76. The number of hydrogen-bond donors (Lipinski definition) is 0. The van der Waals surface area contributed by atoms with Crippen LogP contribution in [0.5, 0.6) is 0 Å². The van der Waals surface area contributed by atoms with Crippen LogP contribution in [0.1, 0.15) is 55.8 Å². The summed E-state index contributed by atoms with van der Waals surface area (Å²) in [6, 6.07) is 10.7. The molecule has 0 amide bonds. The van der Waals surface area contributed by atoms with E-state index in [9.17, 15) is 4.79 Å². The summed E-state index contributed by atoms with van der Waals surface area (Å²) >= 11 is 1.75. The lowest BCUT2D eigenvalue weighted by atomic mass is 9.91. The third-order valence-electron chi connectivity index (χ3n) is 5.41. The molecule has 29 heavy (non-hydrogen) atoms. The van der Waals surface area contributed by atoms with Gasteiger partial charge in [0.05, 0.1) is 10.2 Å². The fraction of sp³-hybridized carbons (Fsp3) is 0.458. The van der Waals surface area contributed by atoms with Gasteiger partial charge in [-0.25, -0.2) is 4.98 Å². The summed E-state index contributed by atoms with van der Waals surface area (Å²) in [5, 5.41) is 1.05. The topological polar surface area (TPSA) is 46.1 Å². The van der Waals surface area contributed by atoms with E-state index in [0.717, 1.165) is 48.4 Å². The first-order valence-corrected chi connectivity index (χ1v) is 11.4. The monoisotopic (exact) mass is 409 g/mol. The van der Waals surface area contributed by atoms with Crippen molar-refractivity contribution in [1.29, 1.82) is 0 Å². The van der Waals surface area contributed by atoms with E-state index >= 15 is 0 Å². The average Bonchev–Trinajstić information content (AvgIpc) is 3.20. The molecule has 0 bridgehead atoms. The summed E-state index contributed by atoms with van der Waals surface area (Å²) in [7, 11) is 2.08. The van der Waals surface area contributed by atoms with Crippen molar-refractivity contribution in [2.75, 3.05) is 11.9 Å². The highest BCUT2D eigenvalue weighted by molar-refractivity contribution is 7.22. The van der Waals surface area contributed by atoms with Crippen LogP contribution < -0.4 is 4.90 Å². The van der Waals surface area contributed by atoms with Crippen molar-refractivity contribution in [3.8, 4) is 0 Å². The number of fused-ring (bicyclic) bond motifs is 1. The van der Waals surface area contributed by atoms with Crippen LogP contribution in [0.25, 0.3) is 10.2 Å². The molecule has 0 aliphatic heterocycles. The van der Waals surface area contributed by atoms with E-state index < -0.39 is 0 Å². The molecule has 1 aliphatic carbocycles. The fourth-order valence-electron chi connectivity index (χ4n) is 3.54. The van der Waals surface area contributed by atoms with E-state index in [4.69, 9.17) is 4.98 Å². The maximum absolute atomic E-state index is 10.2. The number of pyridine rings is 1. The highest BCUT2D eigenvalue weighted by Gasteiger charge is 2.11. The van der Waals surface area contributed by atoms with Crippen LogP contribution in [0.4, 0.5) is 5.13 Å². The number of nitrogens with zero attached hydrogens (tertiary/aromatic N) is 3. The van der Waals surface area contributed by atoms with Crippen LogP contribution in [-0.2, 0) is 17.8 Å². The van der Waals surface area contributed by atoms with Gasteiger partial charge in [-0.3, -0.25) is 4.98 Å². The fourth-order valence-corrected chi connectivity index (χ4v) is 4.53. The summed E-state index contributed by atoms with van der Waals surface area (Å²) in [5.74, 6) is 0.406. The molecule has 154 valence electrons. The first-order valence-electron chi connectivity index (χ1n) is 10.6. The Hall–Kier alpha value is -2.27. The van der Waals surface area contributed by atoms with Crippen molar-refractivity contribution in [1.82, 2.24) is 9.97 Å². The van der Waals surface area contributed by atoms with E-state index in [1.807, 2.05) is 13.1 Å². The third-order valence-corrected chi connectivity index (χ3v) is 6.54. The number of carbonyl (C=O) groups excluding carboxylic acids is 1. The van der Waals surface area contributed by atoms with Gasteiger partial charge in [-0.15, -0.1) is 0 Å². The summed E-state index contributed by atoms with van der Waals surface area (Å²) in [4.78, 5) is 21.4. The Bertz CT molecular complexity index is 914. The molecule has 1 saturated carbocycles. The van der Waals surface area contributed by atoms with Crippen molar-refractivity contribution in [2.24, 2.45) is 5.92 Å². The van der Waals surface area contributed by atoms with Crippen molar-refractivity contribution in [3.63, 3.8) is 0 Å². The first-order chi connectivity index (χ1) is 14.1. The zero-order valence-corrected chi connectivity index (χ0v) is 18.5. The maximum atomic E-state index is 10.2. The van der Waals surface area contributed by atoms with Crippen molar-refractivity contribution < 1.29 is 4.79 Å². The van der Waals surface area contributed by atoms with Crippen LogP contribution in [-0.4, -0.2) is 23.3 Å². The zero-order valence-electron chi connectivity index (χ0n) is 17.7. The minimum atomic E-state index is 0.406. The second-order valence-corrected chi connectivity index (χ2v) is 8.86. The molecule has 0 radical (unpaired) electrons. The molecule has 0 atom stereocenters. The van der Waals surface area contributed by atoms with Gasteiger partial charge in [0.25, 0.3) is 0 Å². The summed E-state index contributed by atoms with van der Waals surface area (Å²) in [6.45, 7) is 5.01. The Morgan fingerprint density at radius 1 is 1.14 bits per heavy atom. The molecule has 0 saturated heterocycles. The van der Waals surface area contributed by atoms with Crippen LogP contribution in [0.15, 0.2) is 36.5 Å². The Labute approximate surface area is 178 Å². The minimum Gasteiger partial charge on any atom is -0.347 e. The predicted octanol–water partition coefficient (Wildman–Crippen LogP) is 5.96. The number of rotatable bonds is 5. The van der Waals surface area contributed by atoms with Crippen molar-refractivity contribution in [3.05, 3.63) is 53.3 Å². The largest absolute Gasteiger partial charge is 0.347 e. The van der Waals surface area contributed by atoms with Crippen LogP contribution in [0, 0.1) is 12.8 Å². The number of aryl methyl sites for hydroxylation is 2. The molecular weight excluding hydrogens is 378 g/mol. The molecular formula is C24H31N3OS. The van der Waals surface area contributed by atoms with Gasteiger partial charge in [-0.05, 0) is 55.5 Å². The van der Waals surface area contributed by atoms with E-state index in [1.54, 1.807) is 11.3 Å². The predicted molar refractivity (Wildman–Crippen MR) is 123 cm³/mol. The summed E-state index contributed by atoms with van der Waals surface area (Å²) in [5.41, 5.74) is 4.70. The maximum Gasteiger partial charge on any atom is 0.186 e. The SMILES string of the molecule is CCc1ccc2nc(N(C)Cc3ccc(C)nc3)sc2c1.O=CC1CCCCC1. The van der Waals surface area contributed by atoms with Gasteiger partial charge in [0.2, 0.25) is 0 Å². The minimum absolute atomic E-state index is 0.406. The number of anilines is 1. The van der Waals surface area contributed by atoms with Gasteiger partial charge in [0.15, 0.2) is 5.13 Å². The molecule has 0 spiro atoms. The number of carbonyl (C=O) groups is 1. The standard InChI is InChI=1S/C17H19N3S.C7H12O/c1-4-13-7-8-15-16(9-13)21-17(19-15)20(3)11-14-6-5-12(2)18-10-14;8-6-7-4-2-1-3-5-7/h5-10H,4,11H2,1-3H3;6-7H,1-5H2. The van der Waals surface area contributed by atoms with E-state index in [2.05, 4.69) is 54.2 Å². The molecule has 3 aromatic rings. The molecule has 4 rings (SSSR count). The lowest BCUT2D eigenvalue weighted by Crippen LogP contribution is -2.16. The van der Waals surface area contributed by atoms with Gasteiger partial charge < -0.3 is 9.69 Å². The van der Waals surface area contributed by atoms with Gasteiger partial charge in [0.1, 0.15) is 6.29 Å². The van der Waals surface area contributed by atoms with Crippen molar-refractivity contribution >= 4 is 33.0 Å². The number of hydrogen-bond acceptors (Lipinski definition) is 5. The summed E-state index contributed by atoms with van der Waals surface area (Å²) in [6.07, 6.45) is 10.3. The van der Waals surface area contributed by atoms with Gasteiger partial charge >= 0.3 is 0 Å². The normalized spacial score (nSPS) is 14.3. The van der Waals surface area contributed by atoms with Crippen LogP contribution >= 0.6 is 11.3 Å². The zero-order chi connectivity index (χ0) is 20.6. The third kappa shape index (κ3) is 6.10. The highest BCUT2D eigenvalue weighted by atomic mass is 32.1. The number of aromatic nitrogens is 2. The van der Waals surface area contributed by atoms with E-state index in [-0.39, 0.29) is 0 Å². The smallest absolute Gasteiger partial charge is 0.186 e. The molecule has 2 aromatic heterocycles. The highest BCUT2D eigenvalue weighted by Crippen LogP contribution is 2.29. The van der Waals surface area contributed by atoms with Crippen LogP contribution in [0.2, 0.25) is 0 Å². The lowest BCUT2D eigenvalue weighted by Gasteiger charge is -2.15. The van der Waals surface area contributed by atoms with Crippen molar-refractivity contribution in [2.45, 2.75) is 58.9 Å². The molecule has 5 heteroatoms. The van der Waals surface area contributed by atoms with E-state index in [0.29, 0.717) is 5.92 Å². The molecule has 0 unspecified atom stereocenters. The van der Waals surface area contributed by atoms with E-state index in [1.165, 1.54) is 35.1 Å². The molecule has 2 heterocycles. The molecule has 1 aromatic carbocycles.